The van der Waals surface area contributed by atoms with Crippen molar-refractivity contribution in [1.29, 1.82) is 0 Å². The lowest BCUT2D eigenvalue weighted by Crippen LogP contribution is -2.18. The minimum atomic E-state index is 0.0737. The van der Waals surface area contributed by atoms with Crippen molar-refractivity contribution in [3.63, 3.8) is 0 Å². The Labute approximate surface area is 202 Å². The lowest BCUT2D eigenvalue weighted by atomic mass is 9.95. The molecule has 0 N–H and O–H groups in total. The number of allylic oxidation sites excluding steroid dienone is 2. The minimum absolute atomic E-state index is 0.0737. The highest BCUT2D eigenvalue weighted by Gasteiger charge is 2.18. The fourth-order valence-corrected chi connectivity index (χ4v) is 4.29. The van der Waals surface area contributed by atoms with E-state index in [1.54, 1.807) is 0 Å². The molecule has 0 radical (unpaired) electrons. The zero-order valence-corrected chi connectivity index (χ0v) is 22.3. The number of hydrogen-bond acceptors (Lipinski definition) is 2. The number of ether oxygens (including phenoxy) is 1. The Morgan fingerprint density at radius 1 is 0.562 bits per heavy atom. The van der Waals surface area contributed by atoms with E-state index >= 15 is 0 Å². The van der Waals surface area contributed by atoms with E-state index < -0.39 is 0 Å². The van der Waals surface area contributed by atoms with Gasteiger partial charge in [-0.15, -0.1) is 0 Å². The monoisotopic (exact) mass is 450 g/mol. The molecule has 0 aliphatic heterocycles. The first kappa shape index (κ1) is 31.2. The molecule has 1 atom stereocenters. The third kappa shape index (κ3) is 22.4. The van der Waals surface area contributed by atoms with Crippen molar-refractivity contribution in [2.45, 2.75) is 162 Å². The van der Waals surface area contributed by atoms with Crippen LogP contribution in [0.15, 0.2) is 12.2 Å². The molecule has 0 fully saturated rings. The number of carbonyl (C=O) groups is 1. The Morgan fingerprint density at radius 2 is 1.00 bits per heavy atom. The summed E-state index contributed by atoms with van der Waals surface area (Å²) in [6, 6.07) is 0. The highest BCUT2D eigenvalue weighted by Crippen LogP contribution is 2.20. The molecule has 0 saturated heterocycles. The highest BCUT2D eigenvalue weighted by molar-refractivity contribution is 5.72. The molecule has 0 aliphatic rings. The predicted octanol–water partition coefficient (Wildman–Crippen LogP) is 10.3. The first-order chi connectivity index (χ1) is 15.8. The third-order valence-corrected chi connectivity index (χ3v) is 6.55. The maximum Gasteiger partial charge on any atom is 0.308 e. The van der Waals surface area contributed by atoms with E-state index in [1.165, 1.54) is 109 Å². The molecular weight excluding hydrogens is 392 g/mol. The zero-order valence-electron chi connectivity index (χ0n) is 22.3. The summed E-state index contributed by atoms with van der Waals surface area (Å²) in [6.45, 7) is 7.35. The van der Waals surface area contributed by atoms with Gasteiger partial charge in [0.1, 0.15) is 0 Å². The van der Waals surface area contributed by atoms with E-state index in [0.717, 1.165) is 32.1 Å². The first-order valence-electron chi connectivity index (χ1n) is 14.6. The van der Waals surface area contributed by atoms with Crippen LogP contribution >= 0.6 is 0 Å². The standard InChI is InChI=1S/C30H58O2/c1-4-7-10-12-14-15-16-17-18-19-20-21-22-24-27-29(26-9-6-3)30(31)32-28-25-23-13-11-8-5-2/h17-18,29H,4-16,19-28H2,1-3H3/b18-17-. The van der Waals surface area contributed by atoms with Crippen LogP contribution in [-0.4, -0.2) is 12.6 Å². The molecule has 0 spiro atoms. The second-order valence-corrected chi connectivity index (χ2v) is 9.79. The molecular formula is C30H58O2. The van der Waals surface area contributed by atoms with Gasteiger partial charge in [-0.3, -0.25) is 4.79 Å². The summed E-state index contributed by atoms with van der Waals surface area (Å²) in [5.41, 5.74) is 0. The Morgan fingerprint density at radius 3 is 1.56 bits per heavy atom. The fraction of sp³-hybridized carbons (Fsp3) is 0.900. The molecule has 0 aromatic carbocycles. The number of carbonyl (C=O) groups excluding carboxylic acids is 1. The summed E-state index contributed by atoms with van der Waals surface area (Å²) < 4.78 is 5.63. The van der Waals surface area contributed by atoms with Crippen molar-refractivity contribution in [1.82, 2.24) is 0 Å². The van der Waals surface area contributed by atoms with Crippen LogP contribution in [-0.2, 0) is 9.53 Å². The highest BCUT2D eigenvalue weighted by atomic mass is 16.5. The molecule has 0 amide bonds. The van der Waals surface area contributed by atoms with E-state index in [1.807, 2.05) is 0 Å². The minimum Gasteiger partial charge on any atom is -0.465 e. The Bertz CT molecular complexity index is 402. The molecule has 1 unspecified atom stereocenters. The molecule has 2 heteroatoms. The average Bonchev–Trinajstić information content (AvgIpc) is 2.80. The normalized spacial score (nSPS) is 12.5. The lowest BCUT2D eigenvalue weighted by molar-refractivity contribution is -0.149. The van der Waals surface area contributed by atoms with Crippen molar-refractivity contribution < 1.29 is 9.53 Å². The predicted molar refractivity (Wildman–Crippen MR) is 142 cm³/mol. The smallest absolute Gasteiger partial charge is 0.308 e. The van der Waals surface area contributed by atoms with Gasteiger partial charge >= 0.3 is 5.97 Å². The molecule has 0 saturated carbocycles. The number of hydrogen-bond donors (Lipinski definition) is 0. The second kappa shape index (κ2) is 26.5. The van der Waals surface area contributed by atoms with Gasteiger partial charge < -0.3 is 4.74 Å². The molecule has 0 bridgehead atoms. The molecule has 0 aromatic rings. The largest absolute Gasteiger partial charge is 0.465 e. The summed E-state index contributed by atoms with van der Waals surface area (Å²) >= 11 is 0. The maximum absolute atomic E-state index is 12.5. The van der Waals surface area contributed by atoms with Gasteiger partial charge in [0.25, 0.3) is 0 Å². The van der Waals surface area contributed by atoms with Crippen LogP contribution in [0.25, 0.3) is 0 Å². The van der Waals surface area contributed by atoms with Gasteiger partial charge in [0.2, 0.25) is 0 Å². The van der Waals surface area contributed by atoms with Gasteiger partial charge in [-0.1, -0.05) is 129 Å². The fourth-order valence-electron chi connectivity index (χ4n) is 4.29. The summed E-state index contributed by atoms with van der Waals surface area (Å²) in [6.07, 6.45) is 32.3. The van der Waals surface area contributed by atoms with Gasteiger partial charge in [-0.25, -0.2) is 0 Å². The van der Waals surface area contributed by atoms with Gasteiger partial charge in [0, 0.05) is 0 Å². The van der Waals surface area contributed by atoms with Crippen molar-refractivity contribution in [2.24, 2.45) is 5.92 Å². The van der Waals surface area contributed by atoms with Crippen molar-refractivity contribution >= 4 is 5.97 Å². The molecule has 0 rings (SSSR count). The molecule has 0 aliphatic carbocycles. The summed E-state index contributed by atoms with van der Waals surface area (Å²) in [4.78, 5) is 12.5. The van der Waals surface area contributed by atoms with Crippen LogP contribution in [0.3, 0.4) is 0 Å². The van der Waals surface area contributed by atoms with Crippen LogP contribution in [0.2, 0.25) is 0 Å². The average molecular weight is 451 g/mol. The van der Waals surface area contributed by atoms with Gasteiger partial charge in [-0.2, -0.15) is 0 Å². The van der Waals surface area contributed by atoms with Gasteiger partial charge in [0.15, 0.2) is 0 Å². The Balaban J connectivity index is 3.72. The SMILES string of the molecule is CCCCCCCC/C=C\CCCCCCC(CCCC)C(=O)OCCCCCCCC. The van der Waals surface area contributed by atoms with Crippen molar-refractivity contribution in [2.75, 3.05) is 6.61 Å². The summed E-state index contributed by atoms with van der Waals surface area (Å²) in [5, 5.41) is 0. The van der Waals surface area contributed by atoms with Gasteiger partial charge in [-0.05, 0) is 44.9 Å². The summed E-state index contributed by atoms with van der Waals surface area (Å²) in [7, 11) is 0. The quantitative estimate of drug-likeness (QED) is 0.0785. The number of esters is 1. The summed E-state index contributed by atoms with van der Waals surface area (Å²) in [5.74, 6) is 0.205. The maximum atomic E-state index is 12.5. The van der Waals surface area contributed by atoms with E-state index in [-0.39, 0.29) is 11.9 Å². The van der Waals surface area contributed by atoms with Crippen molar-refractivity contribution in [3.05, 3.63) is 12.2 Å². The second-order valence-electron chi connectivity index (χ2n) is 9.79. The van der Waals surface area contributed by atoms with Crippen LogP contribution in [0.4, 0.5) is 0 Å². The van der Waals surface area contributed by atoms with Crippen molar-refractivity contribution in [3.8, 4) is 0 Å². The van der Waals surface area contributed by atoms with E-state index in [0.29, 0.717) is 6.61 Å². The lowest BCUT2D eigenvalue weighted by Gasteiger charge is -2.16. The Kier molecular flexibility index (Phi) is 25.8. The van der Waals surface area contributed by atoms with Crippen LogP contribution in [0.1, 0.15) is 162 Å². The van der Waals surface area contributed by atoms with E-state index in [4.69, 9.17) is 4.74 Å². The first-order valence-corrected chi connectivity index (χ1v) is 14.6. The topological polar surface area (TPSA) is 26.3 Å². The molecule has 0 heterocycles. The molecule has 190 valence electrons. The van der Waals surface area contributed by atoms with Gasteiger partial charge in [0.05, 0.1) is 12.5 Å². The zero-order chi connectivity index (χ0) is 23.5. The van der Waals surface area contributed by atoms with Crippen LogP contribution in [0, 0.1) is 5.92 Å². The number of rotatable bonds is 25. The molecule has 32 heavy (non-hydrogen) atoms. The third-order valence-electron chi connectivity index (χ3n) is 6.55. The van der Waals surface area contributed by atoms with Crippen LogP contribution in [0.5, 0.6) is 0 Å². The van der Waals surface area contributed by atoms with E-state index in [2.05, 4.69) is 32.9 Å². The van der Waals surface area contributed by atoms with E-state index in [9.17, 15) is 4.79 Å². The molecule has 0 aromatic heterocycles. The number of unbranched alkanes of at least 4 members (excludes halogenated alkanes) is 16. The van der Waals surface area contributed by atoms with Crippen LogP contribution < -0.4 is 0 Å². The molecule has 2 nitrogen and oxygen atoms in total. The Hall–Kier alpha value is -0.790.